The van der Waals surface area contributed by atoms with Crippen LogP contribution >= 0.6 is 12.4 Å². The van der Waals surface area contributed by atoms with Crippen LogP contribution < -0.4 is 10.5 Å². The Labute approximate surface area is 84.5 Å². The van der Waals surface area contributed by atoms with Gasteiger partial charge < -0.3 is 10.5 Å². The quantitative estimate of drug-likeness (QED) is 0.843. The molecule has 1 rings (SSSR count). The van der Waals surface area contributed by atoms with Gasteiger partial charge in [0, 0.05) is 6.20 Å². The fourth-order valence-corrected chi connectivity index (χ4v) is 0.671. The van der Waals surface area contributed by atoms with Crippen molar-refractivity contribution in [1.29, 1.82) is 0 Å². The third-order valence-electron chi connectivity index (χ3n) is 1.21. The Bertz CT molecular complexity index is 293. The van der Waals surface area contributed by atoms with Crippen LogP contribution in [0.3, 0.4) is 0 Å². The van der Waals surface area contributed by atoms with E-state index >= 15 is 0 Å². The van der Waals surface area contributed by atoms with Gasteiger partial charge >= 0.3 is 6.18 Å². The van der Waals surface area contributed by atoms with Gasteiger partial charge in [-0.2, -0.15) is 13.2 Å². The van der Waals surface area contributed by atoms with Crippen molar-refractivity contribution in [2.24, 2.45) is 0 Å². The molecule has 7 heteroatoms. The summed E-state index contributed by atoms with van der Waals surface area (Å²) in [5, 5.41) is 0. The highest BCUT2D eigenvalue weighted by Crippen LogP contribution is 2.22. The molecule has 0 radical (unpaired) electrons. The molecule has 0 bridgehead atoms. The first-order chi connectivity index (χ1) is 5.99. The van der Waals surface area contributed by atoms with E-state index in [1.807, 2.05) is 0 Å². The second-order valence-electron chi connectivity index (χ2n) is 2.32. The minimum atomic E-state index is -4.36. The minimum absolute atomic E-state index is 0. The maximum atomic E-state index is 11.7. The lowest BCUT2D eigenvalue weighted by Crippen LogP contribution is -2.19. The molecule has 1 heterocycles. The van der Waals surface area contributed by atoms with Gasteiger partial charge in [-0.25, -0.2) is 0 Å². The molecule has 0 saturated heterocycles. The molecule has 0 saturated carbocycles. The molecule has 0 aliphatic heterocycles. The number of aromatic nitrogens is 1. The number of ether oxygens (including phenoxy) is 1. The summed E-state index contributed by atoms with van der Waals surface area (Å²) >= 11 is 0. The van der Waals surface area contributed by atoms with Crippen LogP contribution in [-0.2, 0) is 0 Å². The highest BCUT2D eigenvalue weighted by molar-refractivity contribution is 5.85. The Kier molecular flexibility index (Phi) is 4.49. The van der Waals surface area contributed by atoms with Gasteiger partial charge in [-0.15, -0.1) is 12.4 Å². The number of pyridine rings is 1. The van der Waals surface area contributed by atoms with Gasteiger partial charge in [0.05, 0.1) is 11.9 Å². The lowest BCUT2D eigenvalue weighted by molar-refractivity contribution is -0.153. The van der Waals surface area contributed by atoms with E-state index in [-0.39, 0.29) is 23.8 Å². The van der Waals surface area contributed by atoms with E-state index in [9.17, 15) is 13.2 Å². The van der Waals surface area contributed by atoms with Gasteiger partial charge in [-0.05, 0) is 6.07 Å². The van der Waals surface area contributed by atoms with Crippen molar-refractivity contribution in [1.82, 2.24) is 4.98 Å². The topological polar surface area (TPSA) is 48.1 Å². The van der Waals surface area contributed by atoms with Crippen LogP contribution in [0, 0.1) is 0 Å². The molecule has 3 nitrogen and oxygen atoms in total. The average molecular weight is 229 g/mol. The summed E-state index contributed by atoms with van der Waals surface area (Å²) in [5.74, 6) is -0.0557. The van der Waals surface area contributed by atoms with E-state index in [2.05, 4.69) is 9.72 Å². The predicted octanol–water partition coefficient (Wildman–Crippen LogP) is 2.03. The smallest absolute Gasteiger partial charge is 0.422 e. The molecule has 80 valence electrons. The largest absolute Gasteiger partial charge is 0.480 e. The van der Waals surface area contributed by atoms with Gasteiger partial charge in [0.1, 0.15) is 0 Å². The first kappa shape index (κ1) is 12.8. The van der Waals surface area contributed by atoms with E-state index in [4.69, 9.17) is 5.73 Å². The highest BCUT2D eigenvalue weighted by atomic mass is 35.5. The summed E-state index contributed by atoms with van der Waals surface area (Å²) in [6, 6.07) is 1.37. The first-order valence-corrected chi connectivity index (χ1v) is 3.38. The zero-order chi connectivity index (χ0) is 9.90. The summed E-state index contributed by atoms with van der Waals surface area (Å²) in [6.07, 6.45) is -1.85. The number of anilines is 1. The monoisotopic (exact) mass is 228 g/mol. The number of hydrogen-bond donors (Lipinski definition) is 1. The first-order valence-electron chi connectivity index (χ1n) is 3.38. The number of hydrogen-bond acceptors (Lipinski definition) is 3. The Morgan fingerprint density at radius 3 is 2.57 bits per heavy atom. The average Bonchev–Trinajstić information content (AvgIpc) is 2.01. The Morgan fingerprint density at radius 2 is 2.07 bits per heavy atom. The standard InChI is InChI=1S/C7H7F3N2O.ClH/c8-7(9,10)4-13-6-3-12-2-1-5(6)11;/h1-3H,4H2,(H2,11,12);1H. The zero-order valence-electron chi connectivity index (χ0n) is 6.91. The molecule has 0 fully saturated rings. The SMILES string of the molecule is Cl.Nc1ccncc1OCC(F)(F)F. The number of nitrogen functional groups attached to an aromatic ring is 1. The van der Waals surface area contributed by atoms with Crippen molar-refractivity contribution in [2.75, 3.05) is 12.3 Å². The van der Waals surface area contributed by atoms with Crippen LogP contribution in [0.4, 0.5) is 18.9 Å². The van der Waals surface area contributed by atoms with Gasteiger partial charge in [-0.1, -0.05) is 0 Å². The molecule has 0 aliphatic carbocycles. The van der Waals surface area contributed by atoms with Crippen LogP contribution in [0.5, 0.6) is 5.75 Å². The van der Waals surface area contributed by atoms with Gasteiger partial charge in [0.15, 0.2) is 12.4 Å². The molecule has 0 spiro atoms. The third kappa shape index (κ3) is 4.18. The fourth-order valence-electron chi connectivity index (χ4n) is 0.671. The summed E-state index contributed by atoms with van der Waals surface area (Å²) in [7, 11) is 0. The molecule has 1 aromatic heterocycles. The highest BCUT2D eigenvalue weighted by Gasteiger charge is 2.28. The van der Waals surface area contributed by atoms with Crippen molar-refractivity contribution < 1.29 is 17.9 Å². The van der Waals surface area contributed by atoms with Crippen LogP contribution in [0.1, 0.15) is 0 Å². The van der Waals surface area contributed by atoms with Crippen LogP contribution in [0.25, 0.3) is 0 Å². The number of rotatable bonds is 2. The Balaban J connectivity index is 0.00000169. The Hall–Kier alpha value is -1.17. The molecule has 2 N–H and O–H groups in total. The van der Waals surface area contributed by atoms with Crippen molar-refractivity contribution in [2.45, 2.75) is 6.18 Å². The van der Waals surface area contributed by atoms with E-state index in [0.29, 0.717) is 0 Å². The minimum Gasteiger partial charge on any atom is -0.480 e. The van der Waals surface area contributed by atoms with Crippen molar-refractivity contribution in [3.8, 4) is 5.75 Å². The zero-order valence-corrected chi connectivity index (χ0v) is 7.73. The molecule has 0 unspecified atom stereocenters. The molecular formula is C7H8ClF3N2O. The molecule has 1 aromatic rings. The molecular weight excluding hydrogens is 221 g/mol. The number of alkyl halides is 3. The Morgan fingerprint density at radius 1 is 1.43 bits per heavy atom. The maximum Gasteiger partial charge on any atom is 0.422 e. The van der Waals surface area contributed by atoms with E-state index in [1.165, 1.54) is 12.3 Å². The summed E-state index contributed by atoms with van der Waals surface area (Å²) in [5.41, 5.74) is 5.46. The van der Waals surface area contributed by atoms with Crippen LogP contribution in [-0.4, -0.2) is 17.8 Å². The van der Waals surface area contributed by atoms with Gasteiger partial charge in [0.25, 0.3) is 0 Å². The van der Waals surface area contributed by atoms with Crippen molar-refractivity contribution in [3.05, 3.63) is 18.5 Å². The summed E-state index contributed by atoms with van der Waals surface area (Å²) in [6.45, 7) is -1.36. The van der Waals surface area contributed by atoms with Crippen molar-refractivity contribution >= 4 is 18.1 Å². The van der Waals surface area contributed by atoms with E-state index in [1.54, 1.807) is 0 Å². The van der Waals surface area contributed by atoms with Crippen LogP contribution in [0.2, 0.25) is 0 Å². The molecule has 0 atom stereocenters. The van der Waals surface area contributed by atoms with E-state index in [0.717, 1.165) is 6.20 Å². The summed E-state index contributed by atoms with van der Waals surface area (Å²) in [4.78, 5) is 3.57. The second-order valence-corrected chi connectivity index (χ2v) is 2.32. The number of nitrogens with two attached hydrogens (primary N) is 1. The summed E-state index contributed by atoms with van der Waals surface area (Å²) < 4.78 is 39.4. The number of halogens is 4. The third-order valence-corrected chi connectivity index (χ3v) is 1.21. The molecule has 0 aromatic carbocycles. The van der Waals surface area contributed by atoms with Crippen molar-refractivity contribution in [3.63, 3.8) is 0 Å². The second kappa shape index (κ2) is 4.90. The van der Waals surface area contributed by atoms with Gasteiger partial charge in [0.2, 0.25) is 0 Å². The maximum absolute atomic E-state index is 11.7. The number of nitrogens with zero attached hydrogens (tertiary/aromatic N) is 1. The van der Waals surface area contributed by atoms with Crippen LogP contribution in [0.15, 0.2) is 18.5 Å². The lowest BCUT2D eigenvalue weighted by Gasteiger charge is -2.09. The lowest BCUT2D eigenvalue weighted by atomic mass is 10.4. The fraction of sp³-hybridized carbons (Fsp3) is 0.286. The predicted molar refractivity (Wildman–Crippen MR) is 47.4 cm³/mol. The van der Waals surface area contributed by atoms with Gasteiger partial charge in [-0.3, -0.25) is 4.98 Å². The normalized spacial score (nSPS) is 10.5. The molecule has 0 aliphatic rings. The molecule has 0 amide bonds. The molecule has 14 heavy (non-hydrogen) atoms. The van der Waals surface area contributed by atoms with E-state index < -0.39 is 12.8 Å².